The lowest BCUT2D eigenvalue weighted by molar-refractivity contribution is -0.0154. The lowest BCUT2D eigenvalue weighted by Gasteiger charge is -2.40. The molecule has 0 atom stereocenters. The van der Waals surface area contributed by atoms with Gasteiger partial charge in [-0.25, -0.2) is 0 Å². The van der Waals surface area contributed by atoms with Crippen molar-refractivity contribution in [2.75, 3.05) is 19.8 Å². The summed E-state index contributed by atoms with van der Waals surface area (Å²) in [6, 6.07) is 0.347. The second-order valence-electron chi connectivity index (χ2n) is 3.69. The van der Waals surface area contributed by atoms with Gasteiger partial charge in [0.25, 0.3) is 0 Å². The number of aliphatic hydroxyl groups is 2. The van der Waals surface area contributed by atoms with Crippen molar-refractivity contribution in [1.29, 1.82) is 0 Å². The van der Waals surface area contributed by atoms with Gasteiger partial charge in [0.15, 0.2) is 0 Å². The van der Waals surface area contributed by atoms with Gasteiger partial charge in [0, 0.05) is 6.04 Å². The van der Waals surface area contributed by atoms with Gasteiger partial charge < -0.3 is 10.2 Å². The molecule has 0 bridgehead atoms. The van der Waals surface area contributed by atoms with E-state index in [-0.39, 0.29) is 13.2 Å². The number of hydrogen-bond donors (Lipinski definition) is 2. The minimum absolute atomic E-state index is 0.00444. The molecule has 3 heteroatoms. The molecule has 0 fully saturated rings. The maximum absolute atomic E-state index is 9.13. The van der Waals surface area contributed by atoms with Crippen molar-refractivity contribution in [2.45, 2.75) is 39.3 Å². The molecular formula is C9H21NO2. The van der Waals surface area contributed by atoms with Gasteiger partial charge in [-0.2, -0.15) is 0 Å². The standard InChI is InChI=1S/C9H21NO2/c1-5-10(8(2)3)9(4,6-11)7-12/h8,11-12H,5-7H2,1-4H3. The Morgan fingerprint density at radius 3 is 1.75 bits per heavy atom. The van der Waals surface area contributed by atoms with Crippen LogP contribution in [0.15, 0.2) is 0 Å². The van der Waals surface area contributed by atoms with Crippen LogP contribution in [0, 0.1) is 0 Å². The summed E-state index contributed by atoms with van der Waals surface area (Å²) in [6.07, 6.45) is 0. The minimum Gasteiger partial charge on any atom is -0.394 e. The third-order valence-electron chi connectivity index (χ3n) is 2.34. The van der Waals surface area contributed by atoms with Crippen LogP contribution in [0.25, 0.3) is 0 Å². The molecule has 0 saturated heterocycles. The Balaban J connectivity index is 4.43. The van der Waals surface area contributed by atoms with Crippen molar-refractivity contribution in [1.82, 2.24) is 4.90 Å². The second kappa shape index (κ2) is 4.80. The van der Waals surface area contributed by atoms with Crippen molar-refractivity contribution in [3.63, 3.8) is 0 Å². The van der Waals surface area contributed by atoms with Gasteiger partial charge in [0.2, 0.25) is 0 Å². The van der Waals surface area contributed by atoms with E-state index in [4.69, 9.17) is 10.2 Å². The Morgan fingerprint density at radius 2 is 1.67 bits per heavy atom. The predicted octanol–water partition coefficient (Wildman–Crippen LogP) is 0.460. The first-order valence-electron chi connectivity index (χ1n) is 4.50. The van der Waals surface area contributed by atoms with Crippen LogP contribution < -0.4 is 0 Å². The Labute approximate surface area is 75.0 Å². The van der Waals surface area contributed by atoms with Crippen LogP contribution >= 0.6 is 0 Å². The summed E-state index contributed by atoms with van der Waals surface area (Å²) in [7, 11) is 0. The van der Waals surface area contributed by atoms with E-state index < -0.39 is 5.54 Å². The first kappa shape index (κ1) is 11.9. The fraction of sp³-hybridized carbons (Fsp3) is 1.00. The van der Waals surface area contributed by atoms with E-state index in [1.807, 2.05) is 13.8 Å². The van der Waals surface area contributed by atoms with Crippen LogP contribution in [0.1, 0.15) is 27.7 Å². The van der Waals surface area contributed by atoms with Gasteiger partial charge in [0.05, 0.1) is 18.8 Å². The topological polar surface area (TPSA) is 43.7 Å². The molecule has 3 nitrogen and oxygen atoms in total. The molecule has 0 amide bonds. The maximum Gasteiger partial charge on any atom is 0.0646 e. The Bertz CT molecular complexity index is 122. The molecule has 0 aromatic heterocycles. The average Bonchev–Trinajstić information content (AvgIpc) is 2.04. The van der Waals surface area contributed by atoms with Gasteiger partial charge in [-0.1, -0.05) is 6.92 Å². The Kier molecular flexibility index (Phi) is 4.75. The summed E-state index contributed by atoms with van der Waals surface area (Å²) in [5.74, 6) is 0. The minimum atomic E-state index is -0.483. The molecule has 0 radical (unpaired) electrons. The lowest BCUT2D eigenvalue weighted by atomic mass is 10.0. The SMILES string of the molecule is CCN(C(C)C)C(C)(CO)CO. The summed E-state index contributed by atoms with van der Waals surface area (Å²) in [5, 5.41) is 18.3. The van der Waals surface area contributed by atoms with Gasteiger partial charge in [0.1, 0.15) is 0 Å². The third-order valence-corrected chi connectivity index (χ3v) is 2.34. The zero-order valence-corrected chi connectivity index (χ0v) is 8.54. The van der Waals surface area contributed by atoms with Crippen LogP contribution in [-0.4, -0.2) is 46.5 Å². The molecule has 0 aromatic rings. The highest BCUT2D eigenvalue weighted by molar-refractivity contribution is 4.86. The van der Waals surface area contributed by atoms with Crippen molar-refractivity contribution < 1.29 is 10.2 Å². The van der Waals surface area contributed by atoms with E-state index in [1.165, 1.54) is 0 Å². The van der Waals surface area contributed by atoms with Crippen molar-refractivity contribution in [3.8, 4) is 0 Å². The highest BCUT2D eigenvalue weighted by Crippen LogP contribution is 2.16. The van der Waals surface area contributed by atoms with E-state index in [0.29, 0.717) is 6.04 Å². The molecule has 0 aliphatic heterocycles. The number of aliphatic hydroxyl groups excluding tert-OH is 2. The molecule has 0 saturated carbocycles. The fourth-order valence-electron chi connectivity index (χ4n) is 1.60. The molecule has 0 unspecified atom stereocenters. The smallest absolute Gasteiger partial charge is 0.0646 e. The quantitative estimate of drug-likeness (QED) is 0.638. The molecule has 0 aliphatic rings. The number of likely N-dealkylation sites (N-methyl/N-ethyl adjacent to an activating group) is 1. The lowest BCUT2D eigenvalue weighted by Crippen LogP contribution is -2.54. The van der Waals surface area contributed by atoms with E-state index in [1.54, 1.807) is 0 Å². The average molecular weight is 175 g/mol. The first-order valence-corrected chi connectivity index (χ1v) is 4.50. The van der Waals surface area contributed by atoms with Gasteiger partial charge in [-0.15, -0.1) is 0 Å². The molecule has 0 aromatic carbocycles. The summed E-state index contributed by atoms with van der Waals surface area (Å²) < 4.78 is 0. The molecule has 0 heterocycles. The maximum atomic E-state index is 9.13. The molecule has 0 aliphatic carbocycles. The van der Waals surface area contributed by atoms with E-state index in [0.717, 1.165) is 6.54 Å². The van der Waals surface area contributed by atoms with Gasteiger partial charge in [-0.05, 0) is 27.3 Å². The molecule has 2 N–H and O–H groups in total. The molecule has 0 spiro atoms. The summed E-state index contributed by atoms with van der Waals surface area (Å²) in [5.41, 5.74) is -0.483. The predicted molar refractivity (Wildman–Crippen MR) is 50.1 cm³/mol. The van der Waals surface area contributed by atoms with Gasteiger partial charge in [-0.3, -0.25) is 4.90 Å². The van der Waals surface area contributed by atoms with Crippen LogP contribution in [0.3, 0.4) is 0 Å². The second-order valence-corrected chi connectivity index (χ2v) is 3.69. The summed E-state index contributed by atoms with van der Waals surface area (Å²) in [6.45, 7) is 8.86. The van der Waals surface area contributed by atoms with Crippen molar-refractivity contribution in [2.24, 2.45) is 0 Å². The van der Waals surface area contributed by atoms with Crippen LogP contribution in [0.4, 0.5) is 0 Å². The van der Waals surface area contributed by atoms with E-state index in [2.05, 4.69) is 18.7 Å². The molecule has 0 rings (SSSR count). The summed E-state index contributed by atoms with van der Waals surface area (Å²) in [4.78, 5) is 2.09. The van der Waals surface area contributed by atoms with Crippen molar-refractivity contribution in [3.05, 3.63) is 0 Å². The summed E-state index contributed by atoms with van der Waals surface area (Å²) >= 11 is 0. The fourth-order valence-corrected chi connectivity index (χ4v) is 1.60. The van der Waals surface area contributed by atoms with Crippen LogP contribution in [-0.2, 0) is 0 Å². The van der Waals surface area contributed by atoms with Crippen LogP contribution in [0.2, 0.25) is 0 Å². The highest BCUT2D eigenvalue weighted by atomic mass is 16.3. The monoisotopic (exact) mass is 175 g/mol. The van der Waals surface area contributed by atoms with Crippen molar-refractivity contribution >= 4 is 0 Å². The Hall–Kier alpha value is -0.120. The molecular weight excluding hydrogens is 154 g/mol. The zero-order chi connectivity index (χ0) is 9.78. The highest BCUT2D eigenvalue weighted by Gasteiger charge is 2.30. The molecule has 12 heavy (non-hydrogen) atoms. The van der Waals surface area contributed by atoms with E-state index >= 15 is 0 Å². The molecule has 74 valence electrons. The first-order chi connectivity index (χ1) is 5.51. The zero-order valence-electron chi connectivity index (χ0n) is 8.54. The van der Waals surface area contributed by atoms with Crippen LogP contribution in [0.5, 0.6) is 0 Å². The number of nitrogens with zero attached hydrogens (tertiary/aromatic N) is 1. The van der Waals surface area contributed by atoms with Gasteiger partial charge >= 0.3 is 0 Å². The third kappa shape index (κ3) is 2.44. The normalized spacial score (nSPS) is 13.0. The number of rotatable bonds is 5. The Morgan fingerprint density at radius 1 is 1.25 bits per heavy atom. The van der Waals surface area contributed by atoms with E-state index in [9.17, 15) is 0 Å². The largest absolute Gasteiger partial charge is 0.394 e. The number of hydrogen-bond acceptors (Lipinski definition) is 3.